The third kappa shape index (κ3) is 6.16. The molecule has 2 aromatic rings. The highest BCUT2D eigenvalue weighted by atomic mass is 16.6. The lowest BCUT2D eigenvalue weighted by Crippen LogP contribution is -2.41. The summed E-state index contributed by atoms with van der Waals surface area (Å²) in [5, 5.41) is 13.3. The molecule has 1 saturated heterocycles. The highest BCUT2D eigenvalue weighted by molar-refractivity contribution is 5.98. The molecular formula is C23H30N4O4. The van der Waals surface area contributed by atoms with E-state index in [2.05, 4.69) is 46.3 Å². The van der Waals surface area contributed by atoms with E-state index in [9.17, 15) is 4.79 Å². The SMILES string of the molecule is CCCCc1ccc(C(C)=NOc2ncnc(OC3CCN(C(=O)O)CC3)c2C)cc1. The van der Waals surface area contributed by atoms with Crippen LogP contribution < -0.4 is 9.57 Å². The second-order valence-electron chi connectivity index (χ2n) is 7.76. The first-order valence-electron chi connectivity index (χ1n) is 10.7. The van der Waals surface area contributed by atoms with E-state index >= 15 is 0 Å². The molecule has 0 spiro atoms. The van der Waals surface area contributed by atoms with Crippen molar-refractivity contribution in [3.05, 3.63) is 47.3 Å². The maximum absolute atomic E-state index is 11.0. The second kappa shape index (κ2) is 10.7. The molecular weight excluding hydrogens is 396 g/mol. The minimum atomic E-state index is -0.892. The number of carboxylic acid groups (broad SMARTS) is 1. The maximum Gasteiger partial charge on any atom is 0.407 e. The van der Waals surface area contributed by atoms with Crippen LogP contribution in [0.15, 0.2) is 35.7 Å². The molecule has 2 heterocycles. The number of likely N-dealkylation sites (tertiary alicyclic amines) is 1. The monoisotopic (exact) mass is 426 g/mol. The molecule has 1 fully saturated rings. The Hall–Kier alpha value is -3.16. The van der Waals surface area contributed by atoms with Crippen LogP contribution in [-0.4, -0.2) is 51.0 Å². The van der Waals surface area contributed by atoms with Crippen LogP contribution in [0.1, 0.15) is 56.2 Å². The van der Waals surface area contributed by atoms with Gasteiger partial charge in [-0.3, -0.25) is 0 Å². The normalized spacial score (nSPS) is 15.1. The fourth-order valence-electron chi connectivity index (χ4n) is 3.41. The van der Waals surface area contributed by atoms with E-state index in [0.29, 0.717) is 43.3 Å². The first kappa shape index (κ1) is 22.5. The smallest absolute Gasteiger partial charge is 0.407 e. The highest BCUT2D eigenvalue weighted by Gasteiger charge is 2.24. The largest absolute Gasteiger partial charge is 0.474 e. The molecule has 8 nitrogen and oxygen atoms in total. The molecule has 0 bridgehead atoms. The van der Waals surface area contributed by atoms with Crippen molar-refractivity contribution in [1.29, 1.82) is 0 Å². The molecule has 3 rings (SSSR count). The average Bonchev–Trinajstić information content (AvgIpc) is 2.78. The van der Waals surface area contributed by atoms with Crippen LogP contribution in [0.3, 0.4) is 0 Å². The highest BCUT2D eigenvalue weighted by Crippen LogP contribution is 2.26. The van der Waals surface area contributed by atoms with Gasteiger partial charge in [-0.15, -0.1) is 0 Å². The van der Waals surface area contributed by atoms with Crippen LogP contribution >= 0.6 is 0 Å². The lowest BCUT2D eigenvalue weighted by molar-refractivity contribution is 0.0863. The van der Waals surface area contributed by atoms with E-state index in [1.807, 2.05) is 13.8 Å². The molecule has 0 saturated carbocycles. The third-order valence-corrected chi connectivity index (χ3v) is 5.44. The van der Waals surface area contributed by atoms with E-state index < -0.39 is 6.09 Å². The molecule has 0 radical (unpaired) electrons. The Morgan fingerprint density at radius 1 is 1.19 bits per heavy atom. The summed E-state index contributed by atoms with van der Waals surface area (Å²) in [7, 11) is 0. The summed E-state index contributed by atoms with van der Waals surface area (Å²) in [6.07, 6.45) is 5.10. The number of hydrogen-bond acceptors (Lipinski definition) is 6. The first-order valence-corrected chi connectivity index (χ1v) is 10.7. The van der Waals surface area contributed by atoms with Crippen molar-refractivity contribution in [2.24, 2.45) is 5.16 Å². The fourth-order valence-corrected chi connectivity index (χ4v) is 3.41. The summed E-state index contributed by atoms with van der Waals surface area (Å²) < 4.78 is 5.99. The molecule has 1 N–H and O–H groups in total. The molecule has 1 amide bonds. The van der Waals surface area contributed by atoms with Crippen molar-refractivity contribution < 1.29 is 19.5 Å². The summed E-state index contributed by atoms with van der Waals surface area (Å²) in [5.74, 6) is 0.777. The van der Waals surface area contributed by atoms with Gasteiger partial charge in [-0.05, 0) is 37.8 Å². The van der Waals surface area contributed by atoms with Crippen LogP contribution in [0.25, 0.3) is 0 Å². The van der Waals surface area contributed by atoms with Crippen molar-refractivity contribution in [3.63, 3.8) is 0 Å². The number of aromatic nitrogens is 2. The number of ether oxygens (including phenoxy) is 1. The molecule has 1 aromatic heterocycles. The van der Waals surface area contributed by atoms with Gasteiger partial charge in [0.25, 0.3) is 5.88 Å². The second-order valence-corrected chi connectivity index (χ2v) is 7.76. The molecule has 1 aliphatic rings. The zero-order chi connectivity index (χ0) is 22.2. The number of piperidine rings is 1. The van der Waals surface area contributed by atoms with E-state index in [1.54, 1.807) is 0 Å². The number of amides is 1. The van der Waals surface area contributed by atoms with E-state index in [1.165, 1.54) is 29.6 Å². The van der Waals surface area contributed by atoms with Crippen LogP contribution in [-0.2, 0) is 6.42 Å². The Labute approximate surface area is 182 Å². The van der Waals surface area contributed by atoms with Crippen molar-refractivity contribution in [2.75, 3.05) is 13.1 Å². The third-order valence-electron chi connectivity index (χ3n) is 5.44. The number of nitrogens with zero attached hydrogens (tertiary/aromatic N) is 4. The number of aryl methyl sites for hydroxylation is 1. The Balaban J connectivity index is 1.61. The number of benzene rings is 1. The average molecular weight is 427 g/mol. The molecule has 0 unspecified atom stereocenters. The molecule has 1 aromatic carbocycles. The number of hydrogen-bond donors (Lipinski definition) is 1. The first-order chi connectivity index (χ1) is 15.0. The predicted octanol–water partition coefficient (Wildman–Crippen LogP) is 4.45. The molecule has 166 valence electrons. The molecule has 0 atom stereocenters. The van der Waals surface area contributed by atoms with Crippen molar-refractivity contribution >= 4 is 11.8 Å². The van der Waals surface area contributed by atoms with Crippen LogP contribution in [0.2, 0.25) is 0 Å². The van der Waals surface area contributed by atoms with Crippen LogP contribution in [0.4, 0.5) is 4.79 Å². The maximum atomic E-state index is 11.0. The number of oxime groups is 1. The van der Waals surface area contributed by atoms with Gasteiger partial charge >= 0.3 is 6.09 Å². The molecule has 0 aliphatic carbocycles. The van der Waals surface area contributed by atoms with E-state index in [-0.39, 0.29) is 6.10 Å². The summed E-state index contributed by atoms with van der Waals surface area (Å²) in [6, 6.07) is 8.36. The summed E-state index contributed by atoms with van der Waals surface area (Å²) >= 11 is 0. The van der Waals surface area contributed by atoms with Gasteiger partial charge in [0, 0.05) is 25.9 Å². The van der Waals surface area contributed by atoms with Gasteiger partial charge in [-0.1, -0.05) is 42.8 Å². The summed E-state index contributed by atoms with van der Waals surface area (Å²) in [5.41, 5.74) is 3.73. The zero-order valence-electron chi connectivity index (χ0n) is 18.4. The minimum absolute atomic E-state index is 0.0893. The quantitative estimate of drug-likeness (QED) is 0.495. The van der Waals surface area contributed by atoms with Gasteiger partial charge in [-0.25, -0.2) is 9.78 Å². The number of rotatable bonds is 8. The van der Waals surface area contributed by atoms with Gasteiger partial charge in [0.15, 0.2) is 0 Å². The van der Waals surface area contributed by atoms with Gasteiger partial charge in [-0.2, -0.15) is 4.98 Å². The number of unbranched alkanes of at least 4 members (excludes halogenated alkanes) is 1. The van der Waals surface area contributed by atoms with E-state index in [0.717, 1.165) is 17.7 Å². The Morgan fingerprint density at radius 3 is 2.52 bits per heavy atom. The van der Waals surface area contributed by atoms with Crippen molar-refractivity contribution in [3.8, 4) is 11.8 Å². The Kier molecular flexibility index (Phi) is 7.81. The molecule has 1 aliphatic heterocycles. The topological polar surface area (TPSA) is 97.1 Å². The molecule has 8 heteroatoms. The Bertz CT molecular complexity index is 906. The minimum Gasteiger partial charge on any atom is -0.474 e. The fraction of sp³-hybridized carbons (Fsp3) is 0.478. The van der Waals surface area contributed by atoms with Gasteiger partial charge in [0.05, 0.1) is 11.3 Å². The standard InChI is InChI=1S/C23H30N4O4/c1-4-5-6-18-7-9-19(10-8-18)17(3)26-31-22-16(2)21(24-15-25-22)30-20-11-13-27(14-12-20)23(28)29/h7-10,15,20H,4-6,11-14H2,1-3H3,(H,28,29). The Morgan fingerprint density at radius 2 is 1.87 bits per heavy atom. The van der Waals surface area contributed by atoms with Crippen LogP contribution in [0.5, 0.6) is 11.8 Å². The zero-order valence-corrected chi connectivity index (χ0v) is 18.4. The summed E-state index contributed by atoms with van der Waals surface area (Å²) in [6.45, 7) is 6.81. The van der Waals surface area contributed by atoms with Crippen molar-refractivity contribution in [2.45, 2.75) is 59.0 Å². The van der Waals surface area contributed by atoms with Crippen molar-refractivity contribution in [1.82, 2.24) is 14.9 Å². The van der Waals surface area contributed by atoms with Gasteiger partial charge < -0.3 is 19.6 Å². The predicted molar refractivity (Wildman–Crippen MR) is 118 cm³/mol. The lowest BCUT2D eigenvalue weighted by Gasteiger charge is -2.30. The molecule has 31 heavy (non-hydrogen) atoms. The van der Waals surface area contributed by atoms with Crippen LogP contribution in [0, 0.1) is 6.92 Å². The van der Waals surface area contributed by atoms with E-state index in [4.69, 9.17) is 14.7 Å². The lowest BCUT2D eigenvalue weighted by atomic mass is 10.0. The number of carbonyl (C=O) groups is 1. The van der Waals surface area contributed by atoms with Gasteiger partial charge in [0.2, 0.25) is 5.88 Å². The summed E-state index contributed by atoms with van der Waals surface area (Å²) in [4.78, 5) is 26.4. The van der Waals surface area contributed by atoms with Gasteiger partial charge in [0.1, 0.15) is 12.4 Å².